The maximum absolute atomic E-state index is 13.7. The smallest absolute Gasteiger partial charge is 0.305 e. The highest BCUT2D eigenvalue weighted by molar-refractivity contribution is 7.89. The van der Waals surface area contributed by atoms with Crippen molar-refractivity contribution in [3.8, 4) is 0 Å². The number of benzene rings is 2. The molecule has 0 aromatic heterocycles. The zero-order valence-electron chi connectivity index (χ0n) is 21.0. The number of sulfonamides is 1. The Morgan fingerprint density at radius 2 is 1.63 bits per heavy atom. The van der Waals surface area contributed by atoms with Crippen molar-refractivity contribution in [1.82, 2.24) is 14.5 Å². The lowest BCUT2D eigenvalue weighted by molar-refractivity contribution is -0.142. The number of amides is 2. The van der Waals surface area contributed by atoms with Gasteiger partial charge in [-0.1, -0.05) is 49.6 Å². The third-order valence-electron chi connectivity index (χ3n) is 7.24. The first kappa shape index (κ1) is 27.7. The van der Waals surface area contributed by atoms with Crippen molar-refractivity contribution >= 4 is 27.8 Å². The summed E-state index contributed by atoms with van der Waals surface area (Å²) in [5.74, 6) is -2.91. The fourth-order valence-corrected chi connectivity index (χ4v) is 6.87. The minimum Gasteiger partial charge on any atom is -0.481 e. The van der Waals surface area contributed by atoms with Crippen LogP contribution in [-0.2, 0) is 30.8 Å². The van der Waals surface area contributed by atoms with Gasteiger partial charge in [0.05, 0.1) is 17.7 Å². The molecule has 1 saturated heterocycles. The molecule has 0 bridgehead atoms. The Hall–Kier alpha value is -3.31. The predicted molar refractivity (Wildman–Crippen MR) is 137 cm³/mol. The van der Waals surface area contributed by atoms with Crippen LogP contribution < -0.4 is 5.32 Å². The van der Waals surface area contributed by atoms with Crippen molar-refractivity contribution in [2.75, 3.05) is 13.1 Å². The average molecular weight is 546 g/mol. The highest BCUT2D eigenvalue weighted by Gasteiger charge is 2.47. The molecule has 11 heteroatoms. The van der Waals surface area contributed by atoms with Gasteiger partial charge in [-0.3, -0.25) is 14.4 Å². The Bertz CT molecular complexity index is 1250. The van der Waals surface area contributed by atoms with Crippen LogP contribution in [0.2, 0.25) is 0 Å². The number of carbonyl (C=O) groups is 3. The summed E-state index contributed by atoms with van der Waals surface area (Å²) in [6.45, 7) is -0.150. The molecule has 1 saturated carbocycles. The third-order valence-corrected chi connectivity index (χ3v) is 9.11. The minimum absolute atomic E-state index is 0.0167. The Morgan fingerprint density at radius 3 is 2.26 bits per heavy atom. The van der Waals surface area contributed by atoms with Gasteiger partial charge >= 0.3 is 5.97 Å². The van der Waals surface area contributed by atoms with Crippen molar-refractivity contribution in [2.45, 2.75) is 62.0 Å². The summed E-state index contributed by atoms with van der Waals surface area (Å²) >= 11 is 0. The molecule has 2 atom stereocenters. The lowest BCUT2D eigenvalue weighted by Gasteiger charge is -2.34. The Balaban J connectivity index is 1.64. The highest BCUT2D eigenvalue weighted by Crippen LogP contribution is 2.30. The molecule has 38 heavy (non-hydrogen) atoms. The Morgan fingerprint density at radius 1 is 0.974 bits per heavy atom. The van der Waals surface area contributed by atoms with Crippen molar-refractivity contribution in [1.29, 1.82) is 0 Å². The van der Waals surface area contributed by atoms with E-state index in [4.69, 9.17) is 0 Å². The predicted octanol–water partition coefficient (Wildman–Crippen LogP) is 2.77. The summed E-state index contributed by atoms with van der Waals surface area (Å²) in [6.07, 6.45) is 2.58. The number of carboxylic acid groups (broad SMARTS) is 1. The lowest BCUT2D eigenvalue weighted by atomic mass is 9.82. The van der Waals surface area contributed by atoms with Gasteiger partial charge in [0.2, 0.25) is 15.9 Å². The molecule has 2 amide bonds. The van der Waals surface area contributed by atoms with Crippen LogP contribution in [0.5, 0.6) is 0 Å². The summed E-state index contributed by atoms with van der Waals surface area (Å²) in [4.78, 5) is 39.7. The van der Waals surface area contributed by atoms with E-state index in [0.29, 0.717) is 5.56 Å². The number of nitrogens with one attached hydrogen (secondary N) is 1. The van der Waals surface area contributed by atoms with Crippen LogP contribution in [0, 0.1) is 11.7 Å². The van der Waals surface area contributed by atoms with Crippen LogP contribution in [-0.4, -0.2) is 65.8 Å². The number of hydrogen-bond donors (Lipinski definition) is 2. The second kappa shape index (κ2) is 12.0. The van der Waals surface area contributed by atoms with E-state index in [9.17, 15) is 32.3 Å². The van der Waals surface area contributed by atoms with Crippen LogP contribution in [0.3, 0.4) is 0 Å². The van der Waals surface area contributed by atoms with E-state index in [-0.39, 0.29) is 36.7 Å². The van der Waals surface area contributed by atoms with Crippen LogP contribution in [0.1, 0.15) is 44.1 Å². The van der Waals surface area contributed by atoms with Gasteiger partial charge in [-0.05, 0) is 48.6 Å². The molecule has 1 aliphatic heterocycles. The van der Waals surface area contributed by atoms with E-state index in [2.05, 4.69) is 5.32 Å². The molecule has 2 aromatic carbocycles. The molecule has 204 valence electrons. The molecule has 2 unspecified atom stereocenters. The van der Waals surface area contributed by atoms with Gasteiger partial charge in [0.15, 0.2) is 6.17 Å². The number of nitrogens with zero attached hydrogens (tertiary/aromatic N) is 2. The molecular formula is C27H32FN3O6S. The number of rotatable bonds is 9. The molecule has 0 radical (unpaired) electrons. The van der Waals surface area contributed by atoms with Crippen molar-refractivity contribution < 1.29 is 32.3 Å². The summed E-state index contributed by atoms with van der Waals surface area (Å²) in [5.41, 5.74) is 0.711. The summed E-state index contributed by atoms with van der Waals surface area (Å²) in [5, 5.41) is 12.3. The largest absolute Gasteiger partial charge is 0.481 e. The molecule has 2 fully saturated rings. The van der Waals surface area contributed by atoms with Crippen LogP contribution in [0.15, 0.2) is 59.5 Å². The molecule has 9 nitrogen and oxygen atoms in total. The van der Waals surface area contributed by atoms with Gasteiger partial charge in [0.25, 0.3) is 5.91 Å². The molecule has 4 rings (SSSR count). The standard InChI is InChI=1S/C27H32FN3O6S/c28-21-11-13-22(14-12-21)38(36,37)31-16-15-30(24(32)17-19-7-3-1-4-8-19)27(31)26(35)29-23(18-25(33)34)20-9-5-2-6-10-20/h1,3-4,7-8,11-14,20,23,27H,2,5-6,9-10,15-18H2,(H,29,35)(H,33,34). The van der Waals surface area contributed by atoms with Gasteiger partial charge in [-0.2, -0.15) is 4.31 Å². The van der Waals surface area contributed by atoms with Crippen LogP contribution in [0.25, 0.3) is 0 Å². The van der Waals surface area contributed by atoms with Crippen molar-refractivity contribution in [3.05, 3.63) is 66.0 Å². The molecular weight excluding hydrogens is 513 g/mol. The molecule has 1 heterocycles. The van der Waals surface area contributed by atoms with Crippen molar-refractivity contribution in [3.63, 3.8) is 0 Å². The van der Waals surface area contributed by atoms with E-state index in [1.807, 2.05) is 6.07 Å². The first-order valence-electron chi connectivity index (χ1n) is 12.8. The maximum Gasteiger partial charge on any atom is 0.305 e. The number of aliphatic carboxylic acids is 1. The number of halogens is 1. The summed E-state index contributed by atoms with van der Waals surface area (Å²) in [6, 6.07) is 12.5. The second-order valence-electron chi connectivity index (χ2n) is 9.80. The highest BCUT2D eigenvalue weighted by atomic mass is 32.2. The van der Waals surface area contributed by atoms with Crippen LogP contribution in [0.4, 0.5) is 4.39 Å². The maximum atomic E-state index is 13.7. The monoisotopic (exact) mass is 545 g/mol. The summed E-state index contributed by atoms with van der Waals surface area (Å²) < 4.78 is 41.5. The fourth-order valence-electron chi connectivity index (χ4n) is 5.32. The molecule has 2 aliphatic rings. The minimum atomic E-state index is -4.28. The average Bonchev–Trinajstić information content (AvgIpc) is 3.36. The van der Waals surface area contributed by atoms with Crippen LogP contribution >= 0.6 is 0 Å². The zero-order valence-corrected chi connectivity index (χ0v) is 21.8. The number of carbonyl (C=O) groups excluding carboxylic acids is 2. The molecule has 1 aliphatic carbocycles. The Labute approximate surface area is 221 Å². The van der Waals surface area contributed by atoms with Gasteiger partial charge in [0.1, 0.15) is 5.82 Å². The van der Waals surface area contributed by atoms with Gasteiger partial charge in [0, 0.05) is 19.1 Å². The fraction of sp³-hybridized carbons (Fsp3) is 0.444. The summed E-state index contributed by atoms with van der Waals surface area (Å²) in [7, 11) is -4.28. The number of carboxylic acids is 1. The normalized spacial score (nSPS) is 19.7. The van der Waals surface area contributed by atoms with Gasteiger partial charge in [-0.25, -0.2) is 12.8 Å². The zero-order chi connectivity index (χ0) is 27.3. The van der Waals surface area contributed by atoms with E-state index < -0.39 is 45.8 Å². The first-order chi connectivity index (χ1) is 18.2. The molecule has 2 N–H and O–H groups in total. The lowest BCUT2D eigenvalue weighted by Crippen LogP contribution is -2.57. The van der Waals surface area contributed by atoms with E-state index in [1.54, 1.807) is 24.3 Å². The van der Waals surface area contributed by atoms with E-state index in [0.717, 1.165) is 60.7 Å². The van der Waals surface area contributed by atoms with E-state index in [1.165, 1.54) is 4.90 Å². The number of hydrogen-bond acceptors (Lipinski definition) is 5. The van der Waals surface area contributed by atoms with Gasteiger partial charge < -0.3 is 15.3 Å². The third kappa shape index (κ3) is 6.39. The Kier molecular flexibility index (Phi) is 8.78. The first-order valence-corrected chi connectivity index (χ1v) is 14.2. The molecule has 2 aromatic rings. The second-order valence-corrected chi connectivity index (χ2v) is 11.7. The van der Waals surface area contributed by atoms with E-state index >= 15 is 0 Å². The van der Waals surface area contributed by atoms with Gasteiger partial charge in [-0.15, -0.1) is 0 Å². The quantitative estimate of drug-likeness (QED) is 0.500. The topological polar surface area (TPSA) is 124 Å². The van der Waals surface area contributed by atoms with Crippen molar-refractivity contribution in [2.24, 2.45) is 5.92 Å². The molecule has 0 spiro atoms. The SMILES string of the molecule is O=C(O)CC(NC(=O)C1N(C(=O)Cc2ccccc2)CCN1S(=O)(=O)c1ccc(F)cc1)C1CCCCC1.